The molecule has 6 heteroatoms. The second-order valence-corrected chi connectivity index (χ2v) is 4.47. The van der Waals surface area contributed by atoms with Gasteiger partial charge >= 0.3 is 11.9 Å². The smallest absolute Gasteiger partial charge is 0.349 e. The number of aliphatic carboxylic acids is 1. The number of nitrogens with one attached hydrogen (secondary N) is 1. The highest BCUT2D eigenvalue weighted by atomic mass is 19.3. The number of amides is 1. The first kappa shape index (κ1) is 15.1. The summed E-state index contributed by atoms with van der Waals surface area (Å²) >= 11 is 0. The summed E-state index contributed by atoms with van der Waals surface area (Å²) in [5.74, 6) is -7.20. The summed E-state index contributed by atoms with van der Waals surface area (Å²) in [6.07, 6.45) is 0. The predicted molar refractivity (Wildman–Crippen MR) is 64.7 cm³/mol. The third-order valence-corrected chi connectivity index (χ3v) is 2.64. The highest BCUT2D eigenvalue weighted by Crippen LogP contribution is 2.28. The molecule has 1 unspecified atom stereocenters. The maximum atomic E-state index is 13.8. The number of halogens is 2. The molecule has 1 rings (SSSR count). The first-order chi connectivity index (χ1) is 8.76. The van der Waals surface area contributed by atoms with Crippen LogP contribution in [0.4, 0.5) is 8.78 Å². The fraction of sp³-hybridized carbons (Fsp3) is 0.385. The van der Waals surface area contributed by atoms with Gasteiger partial charge in [-0.05, 0) is 5.92 Å². The van der Waals surface area contributed by atoms with Crippen LogP contribution < -0.4 is 5.32 Å². The Morgan fingerprint density at radius 1 is 1.21 bits per heavy atom. The van der Waals surface area contributed by atoms with Crippen molar-refractivity contribution in [2.75, 3.05) is 0 Å². The largest absolute Gasteiger partial charge is 0.480 e. The number of hydrogen-bond acceptors (Lipinski definition) is 2. The minimum Gasteiger partial charge on any atom is -0.480 e. The second-order valence-electron chi connectivity index (χ2n) is 4.47. The Labute approximate surface area is 109 Å². The Bertz CT molecular complexity index is 460. The van der Waals surface area contributed by atoms with Gasteiger partial charge in [0.05, 0.1) is 0 Å². The van der Waals surface area contributed by atoms with Gasteiger partial charge in [-0.2, -0.15) is 8.78 Å². The fourth-order valence-corrected chi connectivity index (χ4v) is 1.52. The van der Waals surface area contributed by atoms with Crippen LogP contribution in [0.1, 0.15) is 19.4 Å². The minimum absolute atomic E-state index is 0.472. The molecule has 4 nitrogen and oxygen atoms in total. The van der Waals surface area contributed by atoms with Crippen LogP contribution >= 0.6 is 0 Å². The number of carbonyl (C=O) groups excluding carboxylic acids is 1. The summed E-state index contributed by atoms with van der Waals surface area (Å²) in [6.45, 7) is 3.06. The van der Waals surface area contributed by atoms with Gasteiger partial charge in [-0.1, -0.05) is 44.2 Å². The normalized spacial score (nSPS) is 13.1. The van der Waals surface area contributed by atoms with E-state index in [2.05, 4.69) is 0 Å². The Hall–Kier alpha value is -1.98. The molecule has 0 saturated carbocycles. The van der Waals surface area contributed by atoms with Gasteiger partial charge in [-0.25, -0.2) is 4.79 Å². The molecule has 2 N–H and O–H groups in total. The van der Waals surface area contributed by atoms with E-state index in [9.17, 15) is 18.4 Å². The summed E-state index contributed by atoms with van der Waals surface area (Å²) in [5, 5.41) is 10.7. The van der Waals surface area contributed by atoms with Gasteiger partial charge in [0.2, 0.25) is 0 Å². The van der Waals surface area contributed by atoms with Gasteiger partial charge in [0.25, 0.3) is 5.91 Å². The molecule has 104 valence electrons. The lowest BCUT2D eigenvalue weighted by Crippen LogP contribution is -2.49. The number of hydrogen-bond donors (Lipinski definition) is 2. The first-order valence-electron chi connectivity index (χ1n) is 5.74. The Kier molecular flexibility index (Phi) is 4.58. The van der Waals surface area contributed by atoms with Gasteiger partial charge in [-0.15, -0.1) is 0 Å². The van der Waals surface area contributed by atoms with Crippen LogP contribution in [0.2, 0.25) is 0 Å². The van der Waals surface area contributed by atoms with Gasteiger partial charge in [0, 0.05) is 5.56 Å². The molecule has 0 radical (unpaired) electrons. The highest BCUT2D eigenvalue weighted by molar-refractivity contribution is 5.89. The van der Waals surface area contributed by atoms with Crippen LogP contribution in [0, 0.1) is 5.92 Å². The van der Waals surface area contributed by atoms with Crippen molar-refractivity contribution in [1.82, 2.24) is 5.32 Å². The van der Waals surface area contributed by atoms with E-state index >= 15 is 0 Å². The van der Waals surface area contributed by atoms with Crippen LogP contribution in [-0.2, 0) is 15.5 Å². The zero-order valence-electron chi connectivity index (χ0n) is 10.6. The maximum absolute atomic E-state index is 13.8. The lowest BCUT2D eigenvalue weighted by atomic mass is 10.0. The third kappa shape index (κ3) is 3.49. The van der Waals surface area contributed by atoms with E-state index in [1.54, 1.807) is 6.07 Å². The Balaban J connectivity index is 2.91. The van der Waals surface area contributed by atoms with Crippen molar-refractivity contribution in [2.24, 2.45) is 5.92 Å². The van der Waals surface area contributed by atoms with E-state index in [1.807, 2.05) is 5.32 Å². The molecule has 1 aromatic carbocycles. The molecule has 0 aliphatic rings. The number of alkyl halides is 2. The molecular formula is C13H15F2NO3. The Morgan fingerprint density at radius 2 is 1.74 bits per heavy atom. The van der Waals surface area contributed by atoms with Crippen LogP contribution in [-0.4, -0.2) is 23.0 Å². The van der Waals surface area contributed by atoms with E-state index in [0.717, 1.165) is 12.1 Å². The number of benzene rings is 1. The molecule has 1 amide bonds. The van der Waals surface area contributed by atoms with Crippen molar-refractivity contribution in [1.29, 1.82) is 0 Å². The molecule has 0 aliphatic carbocycles. The van der Waals surface area contributed by atoms with Gasteiger partial charge < -0.3 is 10.4 Å². The summed E-state index contributed by atoms with van der Waals surface area (Å²) in [4.78, 5) is 22.4. The van der Waals surface area contributed by atoms with E-state index < -0.39 is 35.3 Å². The molecule has 1 atom stereocenters. The molecule has 0 fully saturated rings. The Morgan fingerprint density at radius 3 is 2.16 bits per heavy atom. The summed E-state index contributed by atoms with van der Waals surface area (Å²) in [6, 6.07) is 5.20. The van der Waals surface area contributed by atoms with Crippen LogP contribution in [0.25, 0.3) is 0 Å². The molecule has 0 saturated heterocycles. The molecule has 19 heavy (non-hydrogen) atoms. The molecule has 0 heterocycles. The number of carboxylic acids is 1. The van der Waals surface area contributed by atoms with Gasteiger partial charge in [-0.3, -0.25) is 4.79 Å². The van der Waals surface area contributed by atoms with Crippen LogP contribution in [0.5, 0.6) is 0 Å². The van der Waals surface area contributed by atoms with E-state index in [1.165, 1.54) is 26.0 Å². The summed E-state index contributed by atoms with van der Waals surface area (Å²) < 4.78 is 27.7. The second kappa shape index (κ2) is 5.77. The average molecular weight is 271 g/mol. The average Bonchev–Trinajstić information content (AvgIpc) is 2.35. The fourth-order valence-electron chi connectivity index (χ4n) is 1.52. The molecule has 0 bridgehead atoms. The SMILES string of the molecule is CC(C)C(NC(=O)C(F)(F)c1ccccc1)C(=O)O. The van der Waals surface area contributed by atoms with Crippen molar-refractivity contribution in [3.8, 4) is 0 Å². The van der Waals surface area contributed by atoms with Gasteiger partial charge in [0.15, 0.2) is 0 Å². The minimum atomic E-state index is -3.76. The van der Waals surface area contributed by atoms with Crippen LogP contribution in [0.15, 0.2) is 30.3 Å². The lowest BCUT2D eigenvalue weighted by molar-refractivity contribution is -0.153. The van der Waals surface area contributed by atoms with E-state index in [-0.39, 0.29) is 0 Å². The van der Waals surface area contributed by atoms with E-state index in [0.29, 0.717) is 0 Å². The summed E-state index contributed by atoms with van der Waals surface area (Å²) in [5.41, 5.74) is -0.472. The lowest BCUT2D eigenvalue weighted by Gasteiger charge is -2.22. The first-order valence-corrected chi connectivity index (χ1v) is 5.74. The highest BCUT2D eigenvalue weighted by Gasteiger charge is 2.42. The van der Waals surface area contributed by atoms with Crippen molar-refractivity contribution in [2.45, 2.75) is 25.8 Å². The van der Waals surface area contributed by atoms with Crippen molar-refractivity contribution in [3.63, 3.8) is 0 Å². The molecular weight excluding hydrogens is 256 g/mol. The molecule has 0 spiro atoms. The van der Waals surface area contributed by atoms with Crippen LogP contribution in [0.3, 0.4) is 0 Å². The van der Waals surface area contributed by atoms with Gasteiger partial charge in [0.1, 0.15) is 6.04 Å². The van der Waals surface area contributed by atoms with Crippen molar-refractivity contribution >= 4 is 11.9 Å². The number of rotatable bonds is 5. The van der Waals surface area contributed by atoms with Crippen molar-refractivity contribution in [3.05, 3.63) is 35.9 Å². The quantitative estimate of drug-likeness (QED) is 0.860. The monoisotopic (exact) mass is 271 g/mol. The van der Waals surface area contributed by atoms with E-state index in [4.69, 9.17) is 5.11 Å². The molecule has 1 aromatic rings. The van der Waals surface area contributed by atoms with Crippen molar-refractivity contribution < 1.29 is 23.5 Å². The molecule has 0 aliphatic heterocycles. The predicted octanol–water partition coefficient (Wildman–Crippen LogP) is 2.00. The third-order valence-electron chi connectivity index (χ3n) is 2.64. The topological polar surface area (TPSA) is 66.4 Å². The zero-order chi connectivity index (χ0) is 14.6. The molecule has 0 aromatic heterocycles. The zero-order valence-corrected chi connectivity index (χ0v) is 10.6. The standard InChI is InChI=1S/C13H15F2NO3/c1-8(2)10(11(17)18)16-12(19)13(14,15)9-6-4-3-5-7-9/h3-8,10H,1-2H3,(H,16,19)(H,17,18). The summed E-state index contributed by atoms with van der Waals surface area (Å²) in [7, 11) is 0. The maximum Gasteiger partial charge on any atom is 0.349 e. The number of carbonyl (C=O) groups is 2. The number of carboxylic acid groups (broad SMARTS) is 1.